The van der Waals surface area contributed by atoms with Crippen molar-refractivity contribution in [3.63, 3.8) is 0 Å². The second-order valence-electron chi connectivity index (χ2n) is 4.25. The molecule has 0 unspecified atom stereocenters. The summed E-state index contributed by atoms with van der Waals surface area (Å²) < 4.78 is 24.7. The van der Waals surface area contributed by atoms with Gasteiger partial charge in [-0.15, -0.1) is 0 Å². The van der Waals surface area contributed by atoms with Crippen LogP contribution in [0.2, 0.25) is 0 Å². The normalized spacial score (nSPS) is 11.8. The molecule has 0 amide bonds. The van der Waals surface area contributed by atoms with Gasteiger partial charge in [0.1, 0.15) is 5.75 Å². The molecule has 0 fully saturated rings. The molecule has 0 bridgehead atoms. The van der Waals surface area contributed by atoms with Crippen LogP contribution < -0.4 is 4.72 Å². The van der Waals surface area contributed by atoms with E-state index in [0.29, 0.717) is 11.3 Å². The molecule has 0 spiro atoms. The summed E-state index contributed by atoms with van der Waals surface area (Å²) in [4.78, 5) is 0. The summed E-state index contributed by atoms with van der Waals surface area (Å²) in [6, 6.07) is 3.25. The van der Waals surface area contributed by atoms with Gasteiger partial charge in [-0.25, -0.2) is 8.42 Å². The first-order valence-corrected chi connectivity index (χ1v) is 6.91. The smallest absolute Gasteiger partial charge is 0.229 e. The second kappa shape index (κ2) is 4.33. The van der Waals surface area contributed by atoms with Crippen molar-refractivity contribution in [2.75, 3.05) is 11.0 Å². The molecule has 0 saturated heterocycles. The maximum atomic E-state index is 11.1. The van der Waals surface area contributed by atoms with Crippen LogP contribution >= 0.6 is 0 Å². The molecule has 0 atom stereocenters. The Hall–Kier alpha value is -1.23. The first kappa shape index (κ1) is 12.8. The first-order chi connectivity index (χ1) is 7.20. The highest BCUT2D eigenvalue weighted by Crippen LogP contribution is 2.31. The number of benzene rings is 1. The lowest BCUT2D eigenvalue weighted by molar-refractivity contribution is 0.464. The zero-order valence-corrected chi connectivity index (χ0v) is 10.7. The molecule has 2 N–H and O–H groups in total. The zero-order valence-electron chi connectivity index (χ0n) is 9.90. The fourth-order valence-electron chi connectivity index (χ4n) is 1.48. The van der Waals surface area contributed by atoms with E-state index < -0.39 is 10.0 Å². The number of aromatic hydroxyl groups is 1. The van der Waals surface area contributed by atoms with E-state index in [0.717, 1.165) is 11.8 Å². The van der Waals surface area contributed by atoms with Gasteiger partial charge >= 0.3 is 0 Å². The Labute approximate surface area is 96.4 Å². The summed E-state index contributed by atoms with van der Waals surface area (Å²) in [7, 11) is -3.29. The van der Waals surface area contributed by atoms with E-state index in [-0.39, 0.29) is 11.7 Å². The fraction of sp³-hybridized carbons (Fsp3) is 0.455. The Morgan fingerprint density at radius 2 is 1.88 bits per heavy atom. The average Bonchev–Trinajstić information content (AvgIpc) is 2.07. The maximum Gasteiger partial charge on any atom is 0.229 e. The van der Waals surface area contributed by atoms with Gasteiger partial charge in [0, 0.05) is 0 Å². The summed E-state index contributed by atoms with van der Waals surface area (Å²) in [6.45, 7) is 5.63. The number of phenols is 1. The Morgan fingerprint density at radius 3 is 2.31 bits per heavy atom. The van der Waals surface area contributed by atoms with Crippen molar-refractivity contribution in [2.45, 2.75) is 26.7 Å². The van der Waals surface area contributed by atoms with Gasteiger partial charge in [-0.3, -0.25) is 4.72 Å². The van der Waals surface area contributed by atoms with Crippen molar-refractivity contribution < 1.29 is 13.5 Å². The van der Waals surface area contributed by atoms with Crippen LogP contribution in [0.1, 0.15) is 30.9 Å². The van der Waals surface area contributed by atoms with E-state index in [1.165, 1.54) is 0 Å². The fourth-order valence-corrected chi connectivity index (χ4v) is 2.10. The first-order valence-electron chi connectivity index (χ1n) is 5.02. The average molecular weight is 243 g/mol. The van der Waals surface area contributed by atoms with E-state index in [1.807, 2.05) is 13.8 Å². The van der Waals surface area contributed by atoms with Crippen molar-refractivity contribution in [1.82, 2.24) is 0 Å². The highest BCUT2D eigenvalue weighted by Gasteiger charge is 2.12. The van der Waals surface area contributed by atoms with Crippen LogP contribution in [0.4, 0.5) is 5.69 Å². The van der Waals surface area contributed by atoms with Gasteiger partial charge in [0.25, 0.3) is 0 Å². The molecule has 0 radical (unpaired) electrons. The predicted octanol–water partition coefficient (Wildman–Crippen LogP) is 2.20. The zero-order chi connectivity index (χ0) is 12.5. The van der Waals surface area contributed by atoms with E-state index in [4.69, 9.17) is 0 Å². The minimum atomic E-state index is -3.29. The molecular weight excluding hydrogens is 226 g/mol. The summed E-state index contributed by atoms with van der Waals surface area (Å²) in [5.41, 5.74) is 1.95. The number of aryl methyl sites for hydroxylation is 1. The van der Waals surface area contributed by atoms with E-state index in [1.54, 1.807) is 19.1 Å². The molecule has 0 aliphatic carbocycles. The van der Waals surface area contributed by atoms with Crippen LogP contribution in [0.25, 0.3) is 0 Å². The Bertz CT molecular complexity index is 492. The number of hydrogen-bond donors (Lipinski definition) is 2. The summed E-state index contributed by atoms with van der Waals surface area (Å²) in [6.07, 6.45) is 1.11. The van der Waals surface area contributed by atoms with Crippen molar-refractivity contribution in [3.8, 4) is 5.75 Å². The molecular formula is C11H17NO3S. The monoisotopic (exact) mass is 243 g/mol. The molecule has 0 heterocycles. The van der Waals surface area contributed by atoms with E-state index >= 15 is 0 Å². The lowest BCUT2D eigenvalue weighted by atomic mass is 9.99. The largest absolute Gasteiger partial charge is 0.508 e. The number of phenolic OH excluding ortho intramolecular Hbond substituents is 1. The molecule has 0 aromatic heterocycles. The number of rotatable bonds is 3. The molecule has 1 aromatic rings. The number of hydrogen-bond acceptors (Lipinski definition) is 3. The van der Waals surface area contributed by atoms with Gasteiger partial charge in [-0.2, -0.15) is 0 Å². The van der Waals surface area contributed by atoms with Crippen molar-refractivity contribution in [1.29, 1.82) is 0 Å². The van der Waals surface area contributed by atoms with Gasteiger partial charge in [-0.05, 0) is 36.1 Å². The third kappa shape index (κ3) is 3.13. The highest BCUT2D eigenvalue weighted by atomic mass is 32.2. The molecule has 16 heavy (non-hydrogen) atoms. The van der Waals surface area contributed by atoms with Crippen molar-refractivity contribution in [2.24, 2.45) is 0 Å². The van der Waals surface area contributed by atoms with Crippen molar-refractivity contribution in [3.05, 3.63) is 23.3 Å². The topological polar surface area (TPSA) is 66.4 Å². The van der Waals surface area contributed by atoms with Crippen LogP contribution in [0.15, 0.2) is 12.1 Å². The molecule has 0 aliphatic heterocycles. The minimum Gasteiger partial charge on any atom is -0.508 e. The SMILES string of the molecule is Cc1cc(O)c(C(C)C)cc1NS(C)(=O)=O. The number of nitrogens with one attached hydrogen (secondary N) is 1. The molecule has 1 aromatic carbocycles. The third-order valence-electron chi connectivity index (χ3n) is 2.29. The summed E-state index contributed by atoms with van der Waals surface area (Å²) >= 11 is 0. The second-order valence-corrected chi connectivity index (χ2v) is 6.00. The van der Waals surface area contributed by atoms with E-state index in [9.17, 15) is 13.5 Å². The lowest BCUT2D eigenvalue weighted by Gasteiger charge is -2.14. The maximum absolute atomic E-state index is 11.1. The molecule has 1 rings (SSSR count). The van der Waals surface area contributed by atoms with Crippen LogP contribution in [0, 0.1) is 6.92 Å². The molecule has 90 valence electrons. The Morgan fingerprint density at radius 1 is 1.31 bits per heavy atom. The van der Waals surface area contributed by atoms with Crippen LogP contribution in [-0.2, 0) is 10.0 Å². The Kier molecular flexibility index (Phi) is 3.48. The number of anilines is 1. The molecule has 5 heteroatoms. The lowest BCUT2D eigenvalue weighted by Crippen LogP contribution is -2.11. The standard InChI is InChI=1S/C11H17NO3S/c1-7(2)9-6-10(12-16(4,14)15)8(3)5-11(9)13/h5-7,12-13H,1-4H3. The van der Waals surface area contributed by atoms with E-state index in [2.05, 4.69) is 4.72 Å². The quantitative estimate of drug-likeness (QED) is 0.800. The van der Waals surface area contributed by atoms with Gasteiger partial charge in [0.2, 0.25) is 10.0 Å². The number of sulfonamides is 1. The minimum absolute atomic E-state index is 0.140. The molecule has 4 nitrogen and oxygen atoms in total. The van der Waals surface area contributed by atoms with Crippen molar-refractivity contribution >= 4 is 15.7 Å². The summed E-state index contributed by atoms with van der Waals surface area (Å²) in [5, 5.41) is 9.71. The Balaban J connectivity index is 3.25. The van der Waals surface area contributed by atoms with Gasteiger partial charge in [0.05, 0.1) is 11.9 Å². The third-order valence-corrected chi connectivity index (χ3v) is 2.88. The van der Waals surface area contributed by atoms with Crippen LogP contribution in [0.5, 0.6) is 5.75 Å². The van der Waals surface area contributed by atoms with Crippen LogP contribution in [-0.4, -0.2) is 19.8 Å². The van der Waals surface area contributed by atoms with Gasteiger partial charge in [0.15, 0.2) is 0 Å². The van der Waals surface area contributed by atoms with Gasteiger partial charge < -0.3 is 5.11 Å². The van der Waals surface area contributed by atoms with Gasteiger partial charge in [-0.1, -0.05) is 13.8 Å². The highest BCUT2D eigenvalue weighted by molar-refractivity contribution is 7.92. The van der Waals surface area contributed by atoms with Crippen LogP contribution in [0.3, 0.4) is 0 Å². The molecule has 0 saturated carbocycles. The summed E-state index contributed by atoms with van der Waals surface area (Å²) in [5.74, 6) is 0.340. The molecule has 0 aliphatic rings. The predicted molar refractivity (Wildman–Crippen MR) is 65.4 cm³/mol.